The molecule has 1 aromatic rings. The lowest BCUT2D eigenvalue weighted by molar-refractivity contribution is -0.125. The molecule has 186 valence electrons. The van der Waals surface area contributed by atoms with Crippen LogP contribution in [0.5, 0.6) is 0 Å². The Balaban J connectivity index is 1.21. The monoisotopic (exact) mass is 469 g/mol. The van der Waals surface area contributed by atoms with Gasteiger partial charge in [0.25, 0.3) is 5.91 Å². The Bertz CT molecular complexity index is 873. The van der Waals surface area contributed by atoms with Crippen molar-refractivity contribution in [3.05, 3.63) is 47.5 Å². The van der Waals surface area contributed by atoms with E-state index in [0.717, 1.165) is 50.6 Å². The fourth-order valence-electron chi connectivity index (χ4n) is 4.59. The molecule has 3 amide bonds. The molecule has 0 radical (unpaired) electrons. The van der Waals surface area contributed by atoms with Crippen LogP contribution in [0.3, 0.4) is 0 Å². The molecule has 34 heavy (non-hydrogen) atoms. The molecule has 0 saturated heterocycles. The predicted octanol–water partition coefficient (Wildman–Crippen LogP) is 4.33. The number of rotatable bonds is 11. The van der Waals surface area contributed by atoms with Crippen molar-refractivity contribution in [3.63, 3.8) is 0 Å². The van der Waals surface area contributed by atoms with Gasteiger partial charge >= 0.3 is 6.09 Å². The number of carbonyl (C=O) groups excluding carboxylic acids is 3. The molecule has 2 aliphatic carbocycles. The number of alkyl carbamates (subject to hydrolysis) is 1. The van der Waals surface area contributed by atoms with Crippen LogP contribution in [0, 0.1) is 17.8 Å². The molecule has 0 aliphatic heterocycles. The topological polar surface area (TPSA) is 96.5 Å². The molecule has 3 rings (SSSR count). The molecule has 1 unspecified atom stereocenters. The van der Waals surface area contributed by atoms with Crippen LogP contribution in [-0.4, -0.2) is 36.6 Å². The summed E-state index contributed by atoms with van der Waals surface area (Å²) in [6, 6.07) is 7.17. The lowest BCUT2D eigenvalue weighted by Gasteiger charge is -2.19. The van der Waals surface area contributed by atoms with Gasteiger partial charge in [-0.2, -0.15) is 0 Å². The van der Waals surface area contributed by atoms with Gasteiger partial charge in [-0.15, -0.1) is 0 Å². The summed E-state index contributed by atoms with van der Waals surface area (Å²) >= 11 is 0. The van der Waals surface area contributed by atoms with Crippen molar-refractivity contribution in [3.8, 4) is 0 Å². The van der Waals surface area contributed by atoms with Gasteiger partial charge < -0.3 is 20.7 Å². The third-order valence-electron chi connectivity index (χ3n) is 6.36. The molecule has 0 aromatic heterocycles. The van der Waals surface area contributed by atoms with Crippen molar-refractivity contribution in [2.24, 2.45) is 17.8 Å². The Kier molecular flexibility index (Phi) is 9.13. The maximum atomic E-state index is 12.3. The Hall–Kier alpha value is -2.83. The molecule has 0 spiro atoms. The first-order valence-corrected chi connectivity index (χ1v) is 12.5. The first kappa shape index (κ1) is 25.8. The van der Waals surface area contributed by atoms with E-state index in [4.69, 9.17) is 4.74 Å². The van der Waals surface area contributed by atoms with Crippen LogP contribution < -0.4 is 16.0 Å². The summed E-state index contributed by atoms with van der Waals surface area (Å²) in [4.78, 5) is 36.3. The largest absolute Gasteiger partial charge is 0.444 e. The number of hydrogen-bond acceptors (Lipinski definition) is 4. The lowest BCUT2D eigenvalue weighted by Crippen LogP contribution is -2.33. The van der Waals surface area contributed by atoms with E-state index in [0.29, 0.717) is 30.5 Å². The summed E-state index contributed by atoms with van der Waals surface area (Å²) in [5.74, 6) is 1.38. The third kappa shape index (κ3) is 8.19. The smallest absolute Gasteiger partial charge is 0.407 e. The van der Waals surface area contributed by atoms with Crippen LogP contribution in [0.2, 0.25) is 0 Å². The van der Waals surface area contributed by atoms with Gasteiger partial charge in [0.2, 0.25) is 5.91 Å². The van der Waals surface area contributed by atoms with Crippen molar-refractivity contribution < 1.29 is 19.1 Å². The number of hydrogen-bond donors (Lipinski definition) is 3. The Morgan fingerprint density at radius 2 is 1.56 bits per heavy atom. The van der Waals surface area contributed by atoms with Crippen LogP contribution in [0.15, 0.2) is 36.4 Å². The fraction of sp³-hybridized carbons (Fsp3) is 0.593. The predicted molar refractivity (Wildman–Crippen MR) is 132 cm³/mol. The molecule has 7 nitrogen and oxygen atoms in total. The molecule has 1 fully saturated rings. The molecular weight excluding hydrogens is 430 g/mol. The van der Waals surface area contributed by atoms with Crippen molar-refractivity contribution >= 4 is 17.9 Å². The third-order valence-corrected chi connectivity index (χ3v) is 6.36. The minimum atomic E-state index is -0.533. The van der Waals surface area contributed by atoms with Crippen molar-refractivity contribution in [1.29, 1.82) is 0 Å². The van der Waals surface area contributed by atoms with E-state index < -0.39 is 11.7 Å². The zero-order valence-corrected chi connectivity index (χ0v) is 20.7. The number of fused-ring (bicyclic) bond motifs is 2. The minimum absolute atomic E-state index is 0.0983. The van der Waals surface area contributed by atoms with E-state index in [1.54, 1.807) is 12.1 Å². The normalized spacial score (nSPS) is 20.7. The number of allylic oxidation sites excluding steroid dienone is 2. The summed E-state index contributed by atoms with van der Waals surface area (Å²) in [6.45, 7) is 7.16. The molecule has 2 bridgehead atoms. The zero-order chi connectivity index (χ0) is 24.6. The van der Waals surface area contributed by atoms with E-state index >= 15 is 0 Å². The van der Waals surface area contributed by atoms with Gasteiger partial charge in [0.15, 0.2) is 0 Å². The van der Waals surface area contributed by atoms with Gasteiger partial charge in [-0.25, -0.2) is 4.79 Å². The van der Waals surface area contributed by atoms with Gasteiger partial charge in [-0.05, 0) is 76.0 Å². The number of unbranched alkanes of at least 4 members (excludes halogenated alkanes) is 3. The molecule has 1 aromatic carbocycles. The first-order chi connectivity index (χ1) is 16.2. The maximum Gasteiger partial charge on any atom is 0.407 e. The molecular formula is C27H39N3O4. The van der Waals surface area contributed by atoms with Gasteiger partial charge in [-0.1, -0.05) is 37.1 Å². The summed E-state index contributed by atoms with van der Waals surface area (Å²) in [6.07, 6.45) is 10.1. The van der Waals surface area contributed by atoms with E-state index in [1.807, 2.05) is 32.9 Å². The summed E-state index contributed by atoms with van der Waals surface area (Å²) in [7, 11) is 0. The highest BCUT2D eigenvalue weighted by Gasteiger charge is 2.39. The molecule has 3 N–H and O–H groups in total. The standard InChI is InChI=1S/C27H39N3O4/c1-27(2,3)34-26(33)30-18-19-8-11-21(12-9-19)24(31)28-14-6-4-5-7-15-29-25(32)23-17-20-10-13-22(23)16-20/h8-13,20,22-23H,4-7,14-18H2,1-3H3,(H,28,31)(H,29,32)(H,30,33)/t20-,22+,23?/m1/s1. The van der Waals surface area contributed by atoms with Crippen molar-refractivity contribution in [2.75, 3.05) is 13.1 Å². The second-order valence-electron chi connectivity index (χ2n) is 10.4. The summed E-state index contributed by atoms with van der Waals surface area (Å²) in [5.41, 5.74) is 0.958. The van der Waals surface area contributed by atoms with E-state index in [-0.39, 0.29) is 17.7 Å². The number of benzene rings is 1. The molecule has 7 heteroatoms. The van der Waals surface area contributed by atoms with E-state index in [1.165, 1.54) is 0 Å². The number of carbonyl (C=O) groups is 3. The Morgan fingerprint density at radius 3 is 2.15 bits per heavy atom. The highest BCUT2D eigenvalue weighted by Crippen LogP contribution is 2.43. The number of amides is 3. The van der Waals surface area contributed by atoms with Gasteiger partial charge in [0.1, 0.15) is 5.60 Å². The summed E-state index contributed by atoms with van der Waals surface area (Å²) in [5, 5.41) is 8.75. The lowest BCUT2D eigenvalue weighted by atomic mass is 9.93. The Morgan fingerprint density at radius 1 is 0.882 bits per heavy atom. The fourth-order valence-corrected chi connectivity index (χ4v) is 4.59. The number of nitrogens with one attached hydrogen (secondary N) is 3. The highest BCUT2D eigenvalue weighted by molar-refractivity contribution is 5.94. The van der Waals surface area contributed by atoms with Gasteiger partial charge in [0.05, 0.1) is 0 Å². The van der Waals surface area contributed by atoms with Crippen LogP contribution in [-0.2, 0) is 16.1 Å². The van der Waals surface area contributed by atoms with Crippen LogP contribution >= 0.6 is 0 Å². The molecule has 0 heterocycles. The van der Waals surface area contributed by atoms with Gasteiger partial charge in [0, 0.05) is 31.1 Å². The highest BCUT2D eigenvalue weighted by atomic mass is 16.6. The van der Waals surface area contributed by atoms with Crippen LogP contribution in [0.1, 0.15) is 75.2 Å². The quantitative estimate of drug-likeness (QED) is 0.332. The number of ether oxygens (including phenoxy) is 1. The zero-order valence-electron chi connectivity index (χ0n) is 20.7. The second-order valence-corrected chi connectivity index (χ2v) is 10.4. The average Bonchev–Trinajstić information content (AvgIpc) is 3.42. The molecule has 2 aliphatic rings. The second kappa shape index (κ2) is 12.0. The molecule has 1 saturated carbocycles. The maximum absolute atomic E-state index is 12.3. The molecule has 3 atom stereocenters. The Labute approximate surface area is 203 Å². The van der Waals surface area contributed by atoms with E-state index in [2.05, 4.69) is 28.1 Å². The summed E-state index contributed by atoms with van der Waals surface area (Å²) < 4.78 is 5.21. The van der Waals surface area contributed by atoms with Crippen LogP contribution in [0.25, 0.3) is 0 Å². The van der Waals surface area contributed by atoms with Gasteiger partial charge in [-0.3, -0.25) is 9.59 Å². The van der Waals surface area contributed by atoms with Crippen molar-refractivity contribution in [1.82, 2.24) is 16.0 Å². The van der Waals surface area contributed by atoms with E-state index in [9.17, 15) is 14.4 Å². The SMILES string of the molecule is CC(C)(C)OC(=O)NCc1ccc(C(=O)NCCCCCCNC(=O)C2C[C@@H]3C=C[C@H]2C3)cc1. The average molecular weight is 470 g/mol. The first-order valence-electron chi connectivity index (χ1n) is 12.5. The van der Waals surface area contributed by atoms with Crippen LogP contribution in [0.4, 0.5) is 4.79 Å². The minimum Gasteiger partial charge on any atom is -0.444 e. The van der Waals surface area contributed by atoms with Crippen molar-refractivity contribution in [2.45, 2.75) is 71.4 Å².